The molecule has 0 atom stereocenters. The van der Waals surface area contributed by atoms with Crippen LogP contribution in [0.4, 0.5) is 5.95 Å². The standard InChI is InChI=1S/C15H22N4O/c1-10-5-6-12-11(9-10)17-14(16)19(12)8-7-13(20)18-15(2,3)4/h5-6,9H,7-8H2,1-4H3,(H2,16,17)(H,18,20). The van der Waals surface area contributed by atoms with Crippen LogP contribution in [0.1, 0.15) is 32.8 Å². The fourth-order valence-electron chi connectivity index (χ4n) is 2.19. The monoisotopic (exact) mass is 274 g/mol. The molecule has 5 nitrogen and oxygen atoms in total. The van der Waals surface area contributed by atoms with Crippen molar-refractivity contribution >= 4 is 22.9 Å². The molecule has 5 heteroatoms. The zero-order valence-corrected chi connectivity index (χ0v) is 12.5. The summed E-state index contributed by atoms with van der Waals surface area (Å²) >= 11 is 0. The molecule has 3 N–H and O–H groups in total. The average Bonchev–Trinajstić information content (AvgIpc) is 2.59. The van der Waals surface area contributed by atoms with Gasteiger partial charge in [-0.1, -0.05) is 6.07 Å². The summed E-state index contributed by atoms with van der Waals surface area (Å²) in [6.45, 7) is 8.46. The second-order valence-corrected chi connectivity index (χ2v) is 6.16. The third-order valence-electron chi connectivity index (χ3n) is 3.01. The van der Waals surface area contributed by atoms with Crippen molar-refractivity contribution in [1.29, 1.82) is 0 Å². The Kier molecular flexibility index (Phi) is 3.70. The fraction of sp³-hybridized carbons (Fsp3) is 0.467. The van der Waals surface area contributed by atoms with Crippen LogP contribution in [-0.2, 0) is 11.3 Å². The number of hydrogen-bond donors (Lipinski definition) is 2. The molecule has 1 aromatic carbocycles. The van der Waals surface area contributed by atoms with Crippen LogP contribution in [0.5, 0.6) is 0 Å². The van der Waals surface area contributed by atoms with E-state index in [4.69, 9.17) is 5.73 Å². The van der Waals surface area contributed by atoms with Crippen LogP contribution in [0.25, 0.3) is 11.0 Å². The van der Waals surface area contributed by atoms with Crippen molar-refractivity contribution in [1.82, 2.24) is 14.9 Å². The summed E-state index contributed by atoms with van der Waals surface area (Å²) in [7, 11) is 0. The summed E-state index contributed by atoms with van der Waals surface area (Å²) in [6, 6.07) is 6.02. The molecule has 20 heavy (non-hydrogen) atoms. The van der Waals surface area contributed by atoms with E-state index in [1.807, 2.05) is 50.5 Å². The maximum Gasteiger partial charge on any atom is 0.222 e. The molecule has 0 bridgehead atoms. The Hall–Kier alpha value is -2.04. The van der Waals surface area contributed by atoms with E-state index in [1.54, 1.807) is 0 Å². The van der Waals surface area contributed by atoms with Gasteiger partial charge in [-0.05, 0) is 45.4 Å². The van der Waals surface area contributed by atoms with E-state index >= 15 is 0 Å². The van der Waals surface area contributed by atoms with E-state index in [0.29, 0.717) is 18.9 Å². The molecule has 0 saturated heterocycles. The third kappa shape index (κ3) is 3.29. The summed E-state index contributed by atoms with van der Waals surface area (Å²) in [4.78, 5) is 16.2. The number of fused-ring (bicyclic) bond motifs is 1. The number of carbonyl (C=O) groups is 1. The minimum Gasteiger partial charge on any atom is -0.369 e. The van der Waals surface area contributed by atoms with E-state index < -0.39 is 0 Å². The molecule has 0 spiro atoms. The molecule has 2 rings (SSSR count). The lowest BCUT2D eigenvalue weighted by atomic mass is 10.1. The average molecular weight is 274 g/mol. The van der Waals surface area contributed by atoms with Gasteiger partial charge in [0.05, 0.1) is 11.0 Å². The maximum atomic E-state index is 11.9. The fourth-order valence-corrected chi connectivity index (χ4v) is 2.19. The highest BCUT2D eigenvalue weighted by Gasteiger charge is 2.15. The molecule has 0 aliphatic rings. The normalized spacial score (nSPS) is 11.8. The SMILES string of the molecule is Cc1ccc2c(c1)nc(N)n2CCC(=O)NC(C)(C)C. The van der Waals surface area contributed by atoms with Crippen LogP contribution in [0.2, 0.25) is 0 Å². The summed E-state index contributed by atoms with van der Waals surface area (Å²) in [6.07, 6.45) is 0.390. The molecule has 2 aromatic rings. The Morgan fingerprint density at radius 2 is 2.10 bits per heavy atom. The van der Waals surface area contributed by atoms with Gasteiger partial charge >= 0.3 is 0 Å². The summed E-state index contributed by atoms with van der Waals surface area (Å²) in [5.74, 6) is 0.472. The van der Waals surface area contributed by atoms with Crippen molar-refractivity contribution in [3.63, 3.8) is 0 Å². The van der Waals surface area contributed by atoms with Crippen LogP contribution < -0.4 is 11.1 Å². The van der Waals surface area contributed by atoms with E-state index in [-0.39, 0.29) is 11.4 Å². The number of benzene rings is 1. The van der Waals surface area contributed by atoms with Gasteiger partial charge in [0.25, 0.3) is 0 Å². The number of nitrogen functional groups attached to an aromatic ring is 1. The molecule has 108 valence electrons. The zero-order valence-electron chi connectivity index (χ0n) is 12.5. The Morgan fingerprint density at radius 3 is 2.75 bits per heavy atom. The number of aryl methyl sites for hydroxylation is 2. The van der Waals surface area contributed by atoms with Crippen molar-refractivity contribution in [3.05, 3.63) is 23.8 Å². The van der Waals surface area contributed by atoms with E-state index in [9.17, 15) is 4.79 Å². The van der Waals surface area contributed by atoms with E-state index in [1.165, 1.54) is 0 Å². The largest absolute Gasteiger partial charge is 0.369 e. The van der Waals surface area contributed by atoms with Gasteiger partial charge in [0.15, 0.2) is 0 Å². The highest BCUT2D eigenvalue weighted by molar-refractivity contribution is 5.80. The molecule has 0 aliphatic heterocycles. The lowest BCUT2D eigenvalue weighted by molar-refractivity contribution is -0.122. The van der Waals surface area contributed by atoms with E-state index in [0.717, 1.165) is 16.6 Å². The van der Waals surface area contributed by atoms with Gasteiger partial charge in [0.1, 0.15) is 0 Å². The first-order valence-electron chi connectivity index (χ1n) is 6.80. The predicted octanol–water partition coefficient (Wildman–Crippen LogP) is 2.23. The van der Waals surface area contributed by atoms with Crippen molar-refractivity contribution in [2.45, 2.75) is 46.2 Å². The smallest absolute Gasteiger partial charge is 0.222 e. The molecule has 0 fully saturated rings. The van der Waals surface area contributed by atoms with Gasteiger partial charge < -0.3 is 15.6 Å². The molecule has 1 aromatic heterocycles. The highest BCUT2D eigenvalue weighted by atomic mass is 16.1. The number of hydrogen-bond acceptors (Lipinski definition) is 3. The third-order valence-corrected chi connectivity index (χ3v) is 3.01. The number of carbonyl (C=O) groups excluding carboxylic acids is 1. The van der Waals surface area contributed by atoms with Crippen molar-refractivity contribution in [2.24, 2.45) is 0 Å². The second kappa shape index (κ2) is 5.15. The molecular formula is C15H22N4O. The molecule has 0 saturated carbocycles. The number of aromatic nitrogens is 2. The first kappa shape index (κ1) is 14.4. The molecule has 0 aliphatic carbocycles. The van der Waals surface area contributed by atoms with Crippen molar-refractivity contribution < 1.29 is 4.79 Å². The number of anilines is 1. The van der Waals surface area contributed by atoms with Gasteiger partial charge in [-0.15, -0.1) is 0 Å². The van der Waals surface area contributed by atoms with E-state index in [2.05, 4.69) is 10.3 Å². The van der Waals surface area contributed by atoms with Crippen molar-refractivity contribution in [3.8, 4) is 0 Å². The van der Waals surface area contributed by atoms with Gasteiger partial charge in [0, 0.05) is 18.5 Å². The van der Waals surface area contributed by atoms with Gasteiger partial charge in [0.2, 0.25) is 11.9 Å². The van der Waals surface area contributed by atoms with Crippen molar-refractivity contribution in [2.75, 3.05) is 5.73 Å². The number of nitrogens with two attached hydrogens (primary N) is 1. The molecule has 0 radical (unpaired) electrons. The Labute approximate surface area is 119 Å². The minimum atomic E-state index is -0.212. The molecule has 1 heterocycles. The number of imidazole rings is 1. The first-order chi connectivity index (χ1) is 9.26. The van der Waals surface area contributed by atoms with Gasteiger partial charge in [-0.25, -0.2) is 4.98 Å². The van der Waals surface area contributed by atoms with Gasteiger partial charge in [-0.3, -0.25) is 4.79 Å². The summed E-state index contributed by atoms with van der Waals surface area (Å²) in [5.41, 5.74) is 8.71. The number of nitrogens with one attached hydrogen (secondary N) is 1. The number of nitrogens with zero attached hydrogens (tertiary/aromatic N) is 2. The molecular weight excluding hydrogens is 252 g/mol. The predicted molar refractivity (Wildman–Crippen MR) is 81.4 cm³/mol. The summed E-state index contributed by atoms with van der Waals surface area (Å²) in [5, 5.41) is 2.94. The maximum absolute atomic E-state index is 11.9. The molecule has 1 amide bonds. The van der Waals surface area contributed by atoms with Crippen LogP contribution in [-0.4, -0.2) is 21.0 Å². The molecule has 0 unspecified atom stereocenters. The second-order valence-electron chi connectivity index (χ2n) is 6.16. The topological polar surface area (TPSA) is 72.9 Å². The summed E-state index contributed by atoms with van der Waals surface area (Å²) < 4.78 is 1.89. The van der Waals surface area contributed by atoms with Crippen LogP contribution in [0, 0.1) is 6.92 Å². The zero-order chi connectivity index (χ0) is 14.9. The lowest BCUT2D eigenvalue weighted by Gasteiger charge is -2.20. The lowest BCUT2D eigenvalue weighted by Crippen LogP contribution is -2.40. The number of amides is 1. The number of rotatable bonds is 3. The quantitative estimate of drug-likeness (QED) is 0.901. The Morgan fingerprint density at radius 1 is 1.40 bits per heavy atom. The van der Waals surface area contributed by atoms with Crippen LogP contribution >= 0.6 is 0 Å². The Bertz CT molecular complexity index is 637. The van der Waals surface area contributed by atoms with Crippen LogP contribution in [0.3, 0.4) is 0 Å². The Balaban J connectivity index is 2.14. The minimum absolute atomic E-state index is 0.0193. The van der Waals surface area contributed by atoms with Gasteiger partial charge in [-0.2, -0.15) is 0 Å². The first-order valence-corrected chi connectivity index (χ1v) is 6.80. The highest BCUT2D eigenvalue weighted by Crippen LogP contribution is 2.19. The van der Waals surface area contributed by atoms with Crippen LogP contribution in [0.15, 0.2) is 18.2 Å².